The van der Waals surface area contributed by atoms with Gasteiger partial charge < -0.3 is 10.1 Å². The Bertz CT molecular complexity index is 911. The van der Waals surface area contributed by atoms with E-state index in [2.05, 4.69) is 26.0 Å². The average molecular weight is 425 g/mol. The normalized spacial score (nSPS) is 14.2. The average Bonchev–Trinajstić information content (AvgIpc) is 3.38. The summed E-state index contributed by atoms with van der Waals surface area (Å²) in [6.07, 6.45) is 1.70. The summed E-state index contributed by atoms with van der Waals surface area (Å²) in [5.74, 6) is 0.0259. The molecule has 2 N–H and O–H groups in total. The first-order valence-corrected chi connectivity index (χ1v) is 9.94. The highest BCUT2D eigenvalue weighted by molar-refractivity contribution is 9.10. The van der Waals surface area contributed by atoms with Crippen LogP contribution < -0.4 is 14.8 Å². The molecule has 0 aliphatic heterocycles. The number of methoxy groups -OCH3 is 1. The van der Waals surface area contributed by atoms with Gasteiger partial charge in [0.15, 0.2) is 0 Å². The highest BCUT2D eigenvalue weighted by Crippen LogP contribution is 2.29. The number of nitrogens with one attached hydrogen (secondary N) is 2. The number of anilines is 1. The van der Waals surface area contributed by atoms with Crippen molar-refractivity contribution in [3.63, 3.8) is 0 Å². The van der Waals surface area contributed by atoms with Gasteiger partial charge in [-0.15, -0.1) is 0 Å². The highest BCUT2D eigenvalue weighted by atomic mass is 79.9. The Morgan fingerprint density at radius 2 is 1.96 bits per heavy atom. The summed E-state index contributed by atoms with van der Waals surface area (Å²) in [6, 6.07) is 11.3. The predicted octanol–water partition coefficient (Wildman–Crippen LogP) is 3.15. The van der Waals surface area contributed by atoms with Gasteiger partial charge in [-0.05, 0) is 49.2 Å². The smallest absolute Gasteiger partial charge is 0.255 e. The molecule has 1 fully saturated rings. The lowest BCUT2D eigenvalue weighted by molar-refractivity contribution is 0.102. The van der Waals surface area contributed by atoms with E-state index in [1.165, 1.54) is 25.3 Å². The van der Waals surface area contributed by atoms with Crippen LogP contribution in [0.25, 0.3) is 0 Å². The maximum atomic E-state index is 12.4. The maximum Gasteiger partial charge on any atom is 0.255 e. The van der Waals surface area contributed by atoms with Gasteiger partial charge in [0.25, 0.3) is 5.91 Å². The number of amides is 1. The second-order valence-corrected chi connectivity index (χ2v) is 8.35. The topological polar surface area (TPSA) is 84.5 Å². The first-order chi connectivity index (χ1) is 11.9. The van der Waals surface area contributed by atoms with Crippen LogP contribution in [0.3, 0.4) is 0 Å². The zero-order valence-electron chi connectivity index (χ0n) is 13.5. The summed E-state index contributed by atoms with van der Waals surface area (Å²) in [5.41, 5.74) is 0.743. The van der Waals surface area contributed by atoms with E-state index >= 15 is 0 Å². The third-order valence-electron chi connectivity index (χ3n) is 3.72. The van der Waals surface area contributed by atoms with Crippen LogP contribution in [-0.4, -0.2) is 27.5 Å². The van der Waals surface area contributed by atoms with Crippen LogP contribution in [0.1, 0.15) is 23.2 Å². The number of hydrogen-bond donors (Lipinski definition) is 2. The molecule has 0 bridgehead atoms. The number of hydrogen-bond acceptors (Lipinski definition) is 4. The van der Waals surface area contributed by atoms with Gasteiger partial charge in [0.05, 0.1) is 17.7 Å². The van der Waals surface area contributed by atoms with E-state index in [1.54, 1.807) is 18.2 Å². The van der Waals surface area contributed by atoms with Gasteiger partial charge in [-0.2, -0.15) is 0 Å². The summed E-state index contributed by atoms with van der Waals surface area (Å²) >= 11 is 3.32. The summed E-state index contributed by atoms with van der Waals surface area (Å²) in [7, 11) is -2.16. The van der Waals surface area contributed by atoms with Gasteiger partial charge >= 0.3 is 0 Å². The fraction of sp³-hybridized carbons (Fsp3) is 0.235. The predicted molar refractivity (Wildman–Crippen MR) is 98.4 cm³/mol. The molecule has 1 amide bonds. The Morgan fingerprint density at radius 3 is 2.60 bits per heavy atom. The number of rotatable bonds is 6. The molecule has 1 saturated carbocycles. The molecule has 0 spiro atoms. The van der Waals surface area contributed by atoms with Crippen LogP contribution in [0.2, 0.25) is 0 Å². The molecule has 0 unspecified atom stereocenters. The van der Waals surface area contributed by atoms with Crippen molar-refractivity contribution in [2.24, 2.45) is 0 Å². The first-order valence-electron chi connectivity index (χ1n) is 7.66. The van der Waals surface area contributed by atoms with Crippen molar-refractivity contribution in [3.8, 4) is 5.75 Å². The molecule has 25 heavy (non-hydrogen) atoms. The molecule has 0 saturated heterocycles. The van der Waals surface area contributed by atoms with Crippen LogP contribution in [-0.2, 0) is 10.0 Å². The van der Waals surface area contributed by atoms with Gasteiger partial charge in [0, 0.05) is 16.1 Å². The number of carbonyl (C=O) groups excluding carboxylic acids is 1. The second-order valence-electron chi connectivity index (χ2n) is 5.72. The lowest BCUT2D eigenvalue weighted by Crippen LogP contribution is -2.25. The Morgan fingerprint density at radius 1 is 1.20 bits per heavy atom. The molecule has 1 aliphatic carbocycles. The number of halogens is 1. The van der Waals surface area contributed by atoms with E-state index in [0.29, 0.717) is 17.0 Å². The summed E-state index contributed by atoms with van der Waals surface area (Å²) in [5, 5.41) is 2.71. The molecule has 0 heterocycles. The van der Waals surface area contributed by atoms with Crippen molar-refractivity contribution in [1.29, 1.82) is 0 Å². The van der Waals surface area contributed by atoms with Crippen molar-refractivity contribution in [2.45, 2.75) is 23.8 Å². The molecule has 132 valence electrons. The third-order valence-corrected chi connectivity index (χ3v) is 5.73. The van der Waals surface area contributed by atoms with Crippen LogP contribution in [0.15, 0.2) is 51.8 Å². The minimum atomic E-state index is -3.62. The number of ether oxygens (including phenoxy) is 1. The monoisotopic (exact) mass is 424 g/mol. The minimum Gasteiger partial charge on any atom is -0.495 e. The van der Waals surface area contributed by atoms with E-state index in [-0.39, 0.29) is 16.8 Å². The zero-order valence-corrected chi connectivity index (χ0v) is 15.9. The maximum absolute atomic E-state index is 12.4. The van der Waals surface area contributed by atoms with Crippen LogP contribution in [0, 0.1) is 0 Å². The first kappa shape index (κ1) is 17.9. The SMILES string of the molecule is COc1ccc(S(=O)(=O)NC2CC2)cc1NC(=O)c1cccc(Br)c1. The van der Waals surface area contributed by atoms with E-state index in [0.717, 1.165) is 17.3 Å². The molecule has 0 radical (unpaired) electrons. The Kier molecular flexibility index (Phi) is 5.12. The quantitative estimate of drug-likeness (QED) is 0.745. The van der Waals surface area contributed by atoms with Crippen LogP contribution in [0.5, 0.6) is 5.75 Å². The van der Waals surface area contributed by atoms with Gasteiger partial charge in [0.1, 0.15) is 5.75 Å². The summed E-state index contributed by atoms with van der Waals surface area (Å²) in [4.78, 5) is 12.5. The highest BCUT2D eigenvalue weighted by Gasteiger charge is 2.28. The van der Waals surface area contributed by atoms with Crippen molar-refractivity contribution >= 4 is 37.5 Å². The molecule has 3 rings (SSSR count). The van der Waals surface area contributed by atoms with E-state index in [4.69, 9.17) is 4.74 Å². The third kappa shape index (κ3) is 4.39. The van der Waals surface area contributed by atoms with Crippen molar-refractivity contribution in [3.05, 3.63) is 52.5 Å². The molecule has 0 atom stereocenters. The summed E-state index contributed by atoms with van der Waals surface area (Å²) < 4.78 is 33.3. The van der Waals surface area contributed by atoms with Crippen molar-refractivity contribution in [2.75, 3.05) is 12.4 Å². The van der Waals surface area contributed by atoms with Crippen LogP contribution in [0.4, 0.5) is 5.69 Å². The molecular formula is C17H17BrN2O4S. The van der Waals surface area contributed by atoms with Gasteiger partial charge in [-0.1, -0.05) is 22.0 Å². The number of carbonyl (C=O) groups is 1. The Balaban J connectivity index is 1.88. The standard InChI is InChI=1S/C17H17BrN2O4S/c1-24-16-8-7-14(25(22,23)20-13-5-6-13)10-15(16)19-17(21)11-3-2-4-12(18)9-11/h2-4,7-10,13,20H,5-6H2,1H3,(H,19,21). The fourth-order valence-corrected chi connectivity index (χ4v) is 3.99. The van der Waals surface area contributed by atoms with Gasteiger partial charge in [0.2, 0.25) is 10.0 Å². The van der Waals surface area contributed by atoms with Gasteiger partial charge in [-0.25, -0.2) is 13.1 Å². The van der Waals surface area contributed by atoms with Gasteiger partial charge in [-0.3, -0.25) is 4.79 Å². The Hall–Kier alpha value is -1.90. The second kappa shape index (κ2) is 7.15. The minimum absolute atomic E-state index is 0.00631. The fourth-order valence-electron chi connectivity index (χ4n) is 2.26. The largest absolute Gasteiger partial charge is 0.495 e. The number of benzene rings is 2. The van der Waals surface area contributed by atoms with E-state index in [1.807, 2.05) is 6.07 Å². The number of sulfonamides is 1. The summed E-state index contributed by atoms with van der Waals surface area (Å²) in [6.45, 7) is 0. The van der Waals surface area contributed by atoms with E-state index in [9.17, 15) is 13.2 Å². The molecule has 8 heteroatoms. The van der Waals surface area contributed by atoms with Crippen molar-refractivity contribution in [1.82, 2.24) is 4.72 Å². The molecule has 1 aliphatic rings. The molecule has 6 nitrogen and oxygen atoms in total. The molecule has 0 aromatic heterocycles. The molecule has 2 aromatic rings. The van der Waals surface area contributed by atoms with Crippen molar-refractivity contribution < 1.29 is 17.9 Å². The molecule has 2 aromatic carbocycles. The lowest BCUT2D eigenvalue weighted by atomic mass is 10.2. The molecular weight excluding hydrogens is 408 g/mol. The zero-order chi connectivity index (χ0) is 18.0. The Labute approximate surface area is 154 Å². The van der Waals surface area contributed by atoms with E-state index < -0.39 is 10.0 Å². The van der Waals surface area contributed by atoms with Crippen LogP contribution >= 0.6 is 15.9 Å². The lowest BCUT2D eigenvalue weighted by Gasteiger charge is -2.13.